The van der Waals surface area contributed by atoms with Gasteiger partial charge in [-0.1, -0.05) is 5.16 Å². The average molecular weight is 387 g/mol. The van der Waals surface area contributed by atoms with Crippen molar-refractivity contribution in [2.45, 2.75) is 31.2 Å². The second-order valence-corrected chi connectivity index (χ2v) is 7.82. The fraction of sp³-hybridized carbons (Fsp3) is 0.579. The zero-order valence-corrected chi connectivity index (χ0v) is 16.3. The number of fused-ring (bicyclic) bond motifs is 1. The number of carbonyl (C=O) groups excluding carboxylic acids is 2. The summed E-state index contributed by atoms with van der Waals surface area (Å²) in [6.45, 7) is 2.93. The maximum absolute atomic E-state index is 12.6. The normalized spacial score (nSPS) is 26.5. The largest absolute Gasteiger partial charge is 0.375 e. The van der Waals surface area contributed by atoms with E-state index in [2.05, 4.69) is 15.5 Å². The molecule has 3 heterocycles. The van der Waals surface area contributed by atoms with Crippen LogP contribution in [0.5, 0.6) is 0 Å². The van der Waals surface area contributed by atoms with E-state index in [-0.39, 0.29) is 30.4 Å². The number of rotatable bonds is 5. The van der Waals surface area contributed by atoms with E-state index in [1.807, 2.05) is 24.2 Å². The number of nitrogens with zero attached hydrogens (tertiary/aromatic N) is 4. The Hall–Kier alpha value is -2.68. The molecule has 1 N–H and O–H groups in total. The Balaban J connectivity index is 1.55. The molecule has 1 aliphatic carbocycles. The third-order valence-electron chi connectivity index (χ3n) is 5.96. The number of hydrogen-bond acceptors (Lipinski definition) is 6. The maximum Gasteiger partial charge on any atom is 0.268 e. The van der Waals surface area contributed by atoms with Gasteiger partial charge in [0.25, 0.3) is 5.91 Å². The summed E-state index contributed by atoms with van der Waals surface area (Å²) in [6, 6.07) is 3.63. The van der Waals surface area contributed by atoms with E-state index >= 15 is 0 Å². The highest BCUT2D eigenvalue weighted by atomic mass is 16.5. The van der Waals surface area contributed by atoms with Crippen molar-refractivity contribution in [3.8, 4) is 0 Å². The number of amides is 2. The molecule has 1 aliphatic heterocycles. The molecular formula is C19H25N5O4. The molecular weight excluding hydrogens is 362 g/mol. The van der Waals surface area contributed by atoms with Gasteiger partial charge in [-0.25, -0.2) is 0 Å². The van der Waals surface area contributed by atoms with Gasteiger partial charge in [0.2, 0.25) is 11.8 Å². The first-order valence-corrected chi connectivity index (χ1v) is 9.42. The molecule has 3 atom stereocenters. The zero-order chi connectivity index (χ0) is 19.9. The van der Waals surface area contributed by atoms with Crippen molar-refractivity contribution in [1.82, 2.24) is 24.9 Å². The van der Waals surface area contributed by atoms with Gasteiger partial charge in [0.15, 0.2) is 5.82 Å². The molecule has 1 saturated heterocycles. The van der Waals surface area contributed by atoms with Crippen LogP contribution >= 0.6 is 0 Å². The quantitative estimate of drug-likeness (QED) is 0.808. The number of nitrogens with one attached hydrogen (secondary N) is 1. The number of ether oxygens (including phenoxy) is 1. The van der Waals surface area contributed by atoms with Crippen LogP contribution in [0.3, 0.4) is 0 Å². The van der Waals surface area contributed by atoms with Crippen molar-refractivity contribution in [3.63, 3.8) is 0 Å². The Morgan fingerprint density at radius 2 is 2.29 bits per heavy atom. The summed E-state index contributed by atoms with van der Waals surface area (Å²) in [5.74, 6) is 1.13. The maximum atomic E-state index is 12.6. The Morgan fingerprint density at radius 3 is 2.93 bits per heavy atom. The molecule has 1 saturated carbocycles. The number of methoxy groups -OCH3 is 1. The summed E-state index contributed by atoms with van der Waals surface area (Å²) in [7, 11) is 3.36. The number of carbonyl (C=O) groups is 2. The topological polar surface area (TPSA) is 102 Å². The number of aryl methyl sites for hydroxylation is 2. The second-order valence-electron chi connectivity index (χ2n) is 7.82. The van der Waals surface area contributed by atoms with Gasteiger partial charge in [-0.3, -0.25) is 9.59 Å². The number of likely N-dealkylation sites (tertiary alicyclic amines) is 1. The van der Waals surface area contributed by atoms with Crippen LogP contribution in [0.15, 0.2) is 22.9 Å². The molecule has 28 heavy (non-hydrogen) atoms. The minimum absolute atomic E-state index is 0.0146. The van der Waals surface area contributed by atoms with Crippen molar-refractivity contribution in [1.29, 1.82) is 0 Å². The summed E-state index contributed by atoms with van der Waals surface area (Å²) in [4.78, 5) is 31.3. The fourth-order valence-electron chi connectivity index (χ4n) is 4.67. The summed E-state index contributed by atoms with van der Waals surface area (Å²) in [5, 5.41) is 7.10. The van der Waals surface area contributed by atoms with Gasteiger partial charge in [-0.05, 0) is 37.8 Å². The van der Waals surface area contributed by atoms with Crippen LogP contribution in [0.4, 0.5) is 0 Å². The Bertz CT molecular complexity index is 891. The highest BCUT2D eigenvalue weighted by Crippen LogP contribution is 2.50. The summed E-state index contributed by atoms with van der Waals surface area (Å²) in [6.07, 6.45) is 3.26. The lowest BCUT2D eigenvalue weighted by molar-refractivity contribution is -0.134. The summed E-state index contributed by atoms with van der Waals surface area (Å²) < 4.78 is 12.3. The molecule has 2 aromatic heterocycles. The molecule has 2 amide bonds. The van der Waals surface area contributed by atoms with E-state index in [9.17, 15) is 9.59 Å². The predicted octanol–water partition coefficient (Wildman–Crippen LogP) is 0.652. The highest BCUT2D eigenvalue weighted by Gasteiger charge is 2.58. The molecule has 9 nitrogen and oxygen atoms in total. The molecule has 0 aromatic carbocycles. The predicted molar refractivity (Wildman–Crippen MR) is 98.6 cm³/mol. The monoisotopic (exact) mass is 387 g/mol. The van der Waals surface area contributed by atoms with Crippen LogP contribution in [0, 0.1) is 12.8 Å². The molecule has 0 bridgehead atoms. The van der Waals surface area contributed by atoms with Crippen LogP contribution in [0.25, 0.3) is 0 Å². The van der Waals surface area contributed by atoms with Gasteiger partial charge in [0.05, 0.1) is 5.41 Å². The first-order chi connectivity index (χ1) is 13.4. The standard InChI is InChI=1S/C19H25N5O4/c1-12-20-18(28-22-12)19-8-14(21-17(26)15-5-4-6-23(15)2)7-13(19)9-24(11-19)16(25)10-27-3/h4-6,13-14H,7-11H2,1-3H3,(H,21,26)/t13?,14-,19+/m1/s1. The summed E-state index contributed by atoms with van der Waals surface area (Å²) in [5.41, 5.74) is 0.188. The first-order valence-electron chi connectivity index (χ1n) is 9.42. The van der Waals surface area contributed by atoms with Crippen LogP contribution in [-0.4, -0.2) is 64.3 Å². The van der Waals surface area contributed by atoms with E-state index in [1.165, 1.54) is 7.11 Å². The lowest BCUT2D eigenvalue weighted by Crippen LogP contribution is -2.40. The van der Waals surface area contributed by atoms with Crippen molar-refractivity contribution < 1.29 is 18.8 Å². The number of hydrogen-bond donors (Lipinski definition) is 1. The van der Waals surface area contributed by atoms with Crippen molar-refractivity contribution in [3.05, 3.63) is 35.7 Å². The molecule has 2 fully saturated rings. The van der Waals surface area contributed by atoms with E-state index < -0.39 is 5.41 Å². The van der Waals surface area contributed by atoms with Crippen LogP contribution < -0.4 is 5.32 Å². The number of aromatic nitrogens is 3. The smallest absolute Gasteiger partial charge is 0.268 e. The van der Waals surface area contributed by atoms with E-state index in [0.29, 0.717) is 36.9 Å². The van der Waals surface area contributed by atoms with Gasteiger partial charge in [-0.2, -0.15) is 4.98 Å². The van der Waals surface area contributed by atoms with Crippen molar-refractivity contribution in [2.24, 2.45) is 13.0 Å². The molecule has 0 spiro atoms. The molecule has 4 rings (SSSR count). The second kappa shape index (κ2) is 7.05. The van der Waals surface area contributed by atoms with Crippen molar-refractivity contribution >= 4 is 11.8 Å². The van der Waals surface area contributed by atoms with Crippen LogP contribution in [0.1, 0.15) is 35.0 Å². The van der Waals surface area contributed by atoms with Gasteiger partial charge in [0, 0.05) is 39.5 Å². The van der Waals surface area contributed by atoms with Crippen molar-refractivity contribution in [2.75, 3.05) is 26.8 Å². The van der Waals surface area contributed by atoms with Gasteiger partial charge >= 0.3 is 0 Å². The third kappa shape index (κ3) is 3.09. The SMILES string of the molecule is COCC(=O)N1CC2C[C@@H](NC(=O)c3cccn3C)C[C@]2(c2nc(C)no2)C1. The van der Waals surface area contributed by atoms with E-state index in [4.69, 9.17) is 9.26 Å². The van der Waals surface area contributed by atoms with Crippen LogP contribution in [-0.2, 0) is 22.0 Å². The minimum Gasteiger partial charge on any atom is -0.375 e. The molecule has 2 aliphatic rings. The Morgan fingerprint density at radius 1 is 1.46 bits per heavy atom. The van der Waals surface area contributed by atoms with Gasteiger partial charge in [-0.15, -0.1) is 0 Å². The first kappa shape index (κ1) is 18.7. The molecule has 1 unspecified atom stereocenters. The lowest BCUT2D eigenvalue weighted by atomic mass is 9.80. The lowest BCUT2D eigenvalue weighted by Gasteiger charge is -2.25. The zero-order valence-electron chi connectivity index (χ0n) is 16.3. The van der Waals surface area contributed by atoms with E-state index in [0.717, 1.165) is 6.42 Å². The third-order valence-corrected chi connectivity index (χ3v) is 5.96. The molecule has 2 aromatic rings. The molecule has 0 radical (unpaired) electrons. The van der Waals surface area contributed by atoms with Gasteiger partial charge in [0.1, 0.15) is 12.3 Å². The molecule has 150 valence electrons. The fourth-order valence-corrected chi connectivity index (χ4v) is 4.67. The summed E-state index contributed by atoms with van der Waals surface area (Å²) >= 11 is 0. The average Bonchev–Trinajstić information content (AvgIpc) is 3.38. The highest BCUT2D eigenvalue weighted by molar-refractivity contribution is 5.93. The minimum atomic E-state index is -0.434. The van der Waals surface area contributed by atoms with E-state index in [1.54, 1.807) is 17.6 Å². The Kier molecular flexibility index (Phi) is 4.70. The van der Waals surface area contributed by atoms with Gasteiger partial charge < -0.3 is 24.0 Å². The molecule has 9 heteroatoms. The Labute approximate surface area is 163 Å². The van der Waals surface area contributed by atoms with Crippen LogP contribution in [0.2, 0.25) is 0 Å².